The molecule has 0 bridgehead atoms. The largest absolute Gasteiger partial charge is 0.395 e. The lowest BCUT2D eigenvalue weighted by Gasteiger charge is -2.21. The van der Waals surface area contributed by atoms with Crippen LogP contribution >= 0.6 is 11.6 Å². The highest BCUT2D eigenvalue weighted by Gasteiger charge is 2.09. The average molecular weight is 271 g/mol. The summed E-state index contributed by atoms with van der Waals surface area (Å²) in [7, 11) is 1.93. The second kappa shape index (κ2) is 7.62. The Morgan fingerprint density at radius 1 is 1.44 bits per heavy atom. The van der Waals surface area contributed by atoms with Gasteiger partial charge in [-0.05, 0) is 37.6 Å². The predicted octanol–water partition coefficient (Wildman–Crippen LogP) is 2.83. The SMILES string of the molecule is CCCNC(C)c1ccc(N(C)CCO)c(Cl)c1. The Morgan fingerprint density at radius 3 is 2.72 bits per heavy atom. The third kappa shape index (κ3) is 4.16. The van der Waals surface area contributed by atoms with Crippen molar-refractivity contribution in [2.45, 2.75) is 26.3 Å². The van der Waals surface area contributed by atoms with E-state index >= 15 is 0 Å². The highest BCUT2D eigenvalue weighted by atomic mass is 35.5. The van der Waals surface area contributed by atoms with Crippen LogP contribution in [0.25, 0.3) is 0 Å². The molecule has 1 rings (SSSR count). The molecule has 1 aromatic carbocycles. The molecular formula is C14H23ClN2O. The Morgan fingerprint density at radius 2 is 2.17 bits per heavy atom. The van der Waals surface area contributed by atoms with Crippen LogP contribution in [-0.4, -0.2) is 31.9 Å². The number of aliphatic hydroxyl groups is 1. The van der Waals surface area contributed by atoms with Crippen molar-refractivity contribution in [2.24, 2.45) is 0 Å². The first-order chi connectivity index (χ1) is 8.60. The van der Waals surface area contributed by atoms with Crippen molar-refractivity contribution in [2.75, 3.05) is 31.6 Å². The number of hydrogen-bond acceptors (Lipinski definition) is 3. The van der Waals surface area contributed by atoms with Crippen LogP contribution in [-0.2, 0) is 0 Å². The van der Waals surface area contributed by atoms with Gasteiger partial charge < -0.3 is 15.3 Å². The maximum atomic E-state index is 8.93. The lowest BCUT2D eigenvalue weighted by Crippen LogP contribution is -2.22. The lowest BCUT2D eigenvalue weighted by molar-refractivity contribution is 0.304. The first-order valence-corrected chi connectivity index (χ1v) is 6.82. The van der Waals surface area contributed by atoms with Crippen LogP contribution < -0.4 is 10.2 Å². The molecular weight excluding hydrogens is 248 g/mol. The van der Waals surface area contributed by atoms with E-state index in [-0.39, 0.29) is 6.61 Å². The van der Waals surface area contributed by atoms with Gasteiger partial charge in [-0.2, -0.15) is 0 Å². The average Bonchev–Trinajstić information content (AvgIpc) is 2.35. The summed E-state index contributed by atoms with van der Waals surface area (Å²) in [6.07, 6.45) is 1.12. The van der Waals surface area contributed by atoms with Gasteiger partial charge in [-0.3, -0.25) is 0 Å². The lowest BCUT2D eigenvalue weighted by atomic mass is 10.1. The maximum absolute atomic E-state index is 8.93. The fourth-order valence-corrected chi connectivity index (χ4v) is 2.18. The molecule has 0 aliphatic carbocycles. The smallest absolute Gasteiger partial charge is 0.0642 e. The number of nitrogens with one attached hydrogen (secondary N) is 1. The summed E-state index contributed by atoms with van der Waals surface area (Å²) in [5.41, 5.74) is 2.15. The summed E-state index contributed by atoms with van der Waals surface area (Å²) < 4.78 is 0. The van der Waals surface area contributed by atoms with Crippen LogP contribution in [0.15, 0.2) is 18.2 Å². The topological polar surface area (TPSA) is 35.5 Å². The summed E-state index contributed by atoms with van der Waals surface area (Å²) in [5, 5.41) is 13.1. The van der Waals surface area contributed by atoms with Gasteiger partial charge in [0.1, 0.15) is 0 Å². The van der Waals surface area contributed by atoms with Crippen molar-refractivity contribution in [3.05, 3.63) is 28.8 Å². The van der Waals surface area contributed by atoms with Gasteiger partial charge in [-0.1, -0.05) is 24.6 Å². The van der Waals surface area contributed by atoms with Gasteiger partial charge in [0, 0.05) is 19.6 Å². The molecule has 102 valence electrons. The van der Waals surface area contributed by atoms with Crippen LogP contribution in [0.1, 0.15) is 31.9 Å². The number of anilines is 1. The number of hydrogen-bond donors (Lipinski definition) is 2. The first kappa shape index (κ1) is 15.3. The minimum absolute atomic E-state index is 0.128. The molecule has 1 atom stereocenters. The van der Waals surface area contributed by atoms with E-state index in [0.29, 0.717) is 12.6 Å². The van der Waals surface area contributed by atoms with E-state index in [1.165, 1.54) is 5.56 Å². The van der Waals surface area contributed by atoms with Crippen LogP contribution in [0.4, 0.5) is 5.69 Å². The van der Waals surface area contributed by atoms with Gasteiger partial charge in [-0.25, -0.2) is 0 Å². The third-order valence-corrected chi connectivity index (χ3v) is 3.32. The van der Waals surface area contributed by atoms with Gasteiger partial charge in [0.2, 0.25) is 0 Å². The monoisotopic (exact) mass is 270 g/mol. The van der Waals surface area contributed by atoms with E-state index in [9.17, 15) is 0 Å². The quantitative estimate of drug-likeness (QED) is 0.800. The molecule has 0 saturated carbocycles. The normalized spacial score (nSPS) is 12.5. The molecule has 0 spiro atoms. The fourth-order valence-electron chi connectivity index (χ4n) is 1.85. The molecule has 0 saturated heterocycles. The van der Waals surface area contributed by atoms with E-state index in [1.807, 2.05) is 24.1 Å². The van der Waals surface area contributed by atoms with Gasteiger partial charge >= 0.3 is 0 Å². The van der Waals surface area contributed by atoms with Crippen molar-refractivity contribution in [1.29, 1.82) is 0 Å². The molecule has 0 amide bonds. The second-order valence-electron chi connectivity index (χ2n) is 4.53. The maximum Gasteiger partial charge on any atom is 0.0642 e. The molecule has 0 aliphatic heterocycles. The van der Waals surface area contributed by atoms with E-state index in [4.69, 9.17) is 16.7 Å². The number of likely N-dealkylation sites (N-methyl/N-ethyl adjacent to an activating group) is 1. The molecule has 0 aromatic heterocycles. The van der Waals surface area contributed by atoms with Crippen molar-refractivity contribution in [1.82, 2.24) is 5.32 Å². The zero-order valence-electron chi connectivity index (χ0n) is 11.4. The highest BCUT2D eigenvalue weighted by molar-refractivity contribution is 6.33. The van der Waals surface area contributed by atoms with Gasteiger partial charge in [0.25, 0.3) is 0 Å². The second-order valence-corrected chi connectivity index (χ2v) is 4.94. The number of rotatable bonds is 7. The molecule has 0 fully saturated rings. The Kier molecular flexibility index (Phi) is 6.47. The first-order valence-electron chi connectivity index (χ1n) is 6.45. The third-order valence-electron chi connectivity index (χ3n) is 3.02. The Hall–Kier alpha value is -0.770. The van der Waals surface area contributed by atoms with Gasteiger partial charge in [-0.15, -0.1) is 0 Å². The number of aliphatic hydroxyl groups excluding tert-OH is 1. The van der Waals surface area contributed by atoms with E-state index in [2.05, 4.69) is 25.2 Å². The van der Waals surface area contributed by atoms with E-state index in [1.54, 1.807) is 0 Å². The summed E-state index contributed by atoms with van der Waals surface area (Å²) >= 11 is 6.29. The Balaban J connectivity index is 2.78. The van der Waals surface area contributed by atoms with E-state index < -0.39 is 0 Å². The van der Waals surface area contributed by atoms with Crippen molar-refractivity contribution >= 4 is 17.3 Å². The zero-order valence-corrected chi connectivity index (χ0v) is 12.2. The van der Waals surface area contributed by atoms with Gasteiger partial charge in [0.05, 0.1) is 17.3 Å². The summed E-state index contributed by atoms with van der Waals surface area (Å²) in [6.45, 7) is 6.01. The number of halogens is 1. The minimum Gasteiger partial charge on any atom is -0.395 e. The standard InChI is InChI=1S/C14H23ClN2O/c1-4-7-16-11(2)12-5-6-14(13(15)10-12)17(3)8-9-18/h5-6,10-11,16,18H,4,7-9H2,1-3H3. The van der Waals surface area contributed by atoms with Crippen LogP contribution in [0.5, 0.6) is 0 Å². The number of benzene rings is 1. The predicted molar refractivity (Wildman–Crippen MR) is 78.5 cm³/mol. The summed E-state index contributed by atoms with van der Waals surface area (Å²) in [5.74, 6) is 0. The molecule has 1 unspecified atom stereocenters. The van der Waals surface area contributed by atoms with Crippen molar-refractivity contribution in [3.63, 3.8) is 0 Å². The molecule has 2 N–H and O–H groups in total. The van der Waals surface area contributed by atoms with Crippen LogP contribution in [0.2, 0.25) is 5.02 Å². The van der Waals surface area contributed by atoms with Gasteiger partial charge in [0.15, 0.2) is 0 Å². The van der Waals surface area contributed by atoms with Crippen molar-refractivity contribution in [3.8, 4) is 0 Å². The fraction of sp³-hybridized carbons (Fsp3) is 0.571. The minimum atomic E-state index is 0.128. The molecule has 0 heterocycles. The molecule has 18 heavy (non-hydrogen) atoms. The highest BCUT2D eigenvalue weighted by Crippen LogP contribution is 2.28. The molecule has 4 heteroatoms. The Labute approximate surface area is 115 Å². The Bertz CT molecular complexity index is 371. The molecule has 0 radical (unpaired) electrons. The summed E-state index contributed by atoms with van der Waals surface area (Å²) in [6, 6.07) is 6.40. The molecule has 3 nitrogen and oxygen atoms in total. The number of nitrogens with zero attached hydrogens (tertiary/aromatic N) is 1. The van der Waals surface area contributed by atoms with Crippen LogP contribution in [0, 0.1) is 0 Å². The molecule has 0 aliphatic rings. The zero-order chi connectivity index (χ0) is 13.5. The summed E-state index contributed by atoms with van der Waals surface area (Å²) in [4.78, 5) is 1.95. The van der Waals surface area contributed by atoms with Crippen LogP contribution in [0.3, 0.4) is 0 Å². The van der Waals surface area contributed by atoms with E-state index in [0.717, 1.165) is 23.7 Å². The molecule has 1 aromatic rings. The van der Waals surface area contributed by atoms with Crippen molar-refractivity contribution < 1.29 is 5.11 Å².